The molecule has 0 aliphatic rings. The van der Waals surface area contributed by atoms with Crippen LogP contribution in [0, 0.1) is 6.92 Å². The highest BCUT2D eigenvalue weighted by Crippen LogP contribution is 2.31. The van der Waals surface area contributed by atoms with E-state index in [0.717, 1.165) is 28.8 Å². The number of aryl methyl sites for hydroxylation is 2. The van der Waals surface area contributed by atoms with Gasteiger partial charge in [0.2, 0.25) is 5.95 Å². The van der Waals surface area contributed by atoms with E-state index < -0.39 is 0 Å². The lowest BCUT2D eigenvalue weighted by Gasteiger charge is -2.13. The Labute approximate surface area is 197 Å². The van der Waals surface area contributed by atoms with Gasteiger partial charge in [0, 0.05) is 65.8 Å². The van der Waals surface area contributed by atoms with Gasteiger partial charge < -0.3 is 10.1 Å². The summed E-state index contributed by atoms with van der Waals surface area (Å²) >= 11 is 6.65. The predicted molar refractivity (Wildman–Crippen MR) is 133 cm³/mol. The van der Waals surface area contributed by atoms with Gasteiger partial charge in [-0.25, -0.2) is 4.98 Å². The maximum absolute atomic E-state index is 13.4. The van der Waals surface area contributed by atoms with Gasteiger partial charge in [-0.3, -0.25) is 14.3 Å². The fourth-order valence-electron chi connectivity index (χ4n) is 3.74. The Morgan fingerprint density at radius 2 is 1.97 bits per heavy atom. The molecule has 3 heterocycles. The molecule has 0 fully saturated rings. The summed E-state index contributed by atoms with van der Waals surface area (Å²) in [6, 6.07) is 13.3. The summed E-state index contributed by atoms with van der Waals surface area (Å²) in [7, 11) is 1.67. The lowest BCUT2D eigenvalue weighted by molar-refractivity contribution is 0.197. The van der Waals surface area contributed by atoms with Gasteiger partial charge >= 0.3 is 0 Å². The third-order valence-corrected chi connectivity index (χ3v) is 5.71. The van der Waals surface area contributed by atoms with E-state index in [-0.39, 0.29) is 5.56 Å². The number of pyridine rings is 2. The summed E-state index contributed by atoms with van der Waals surface area (Å²) in [5.74, 6) is 0.487. The largest absolute Gasteiger partial charge is 0.385 e. The third kappa shape index (κ3) is 4.89. The molecule has 1 N–H and O–H groups in total. The maximum atomic E-state index is 13.4. The van der Waals surface area contributed by atoms with E-state index in [1.165, 1.54) is 0 Å². The predicted octanol–water partition coefficient (Wildman–Crippen LogP) is 4.95. The first-order chi connectivity index (χ1) is 16.0. The Hall–Kier alpha value is -3.29. The van der Waals surface area contributed by atoms with Gasteiger partial charge in [-0.15, -0.1) is 0 Å². The number of fused-ring (bicyclic) bond motifs is 1. The second kappa shape index (κ2) is 10.1. The Balaban J connectivity index is 1.73. The summed E-state index contributed by atoms with van der Waals surface area (Å²) in [4.78, 5) is 26.9. The number of benzene rings is 1. The van der Waals surface area contributed by atoms with Gasteiger partial charge in [-0.2, -0.15) is 4.98 Å². The maximum Gasteiger partial charge on any atom is 0.260 e. The molecule has 1 aromatic carbocycles. The van der Waals surface area contributed by atoms with Crippen molar-refractivity contribution in [3.63, 3.8) is 0 Å². The van der Waals surface area contributed by atoms with Gasteiger partial charge in [0.05, 0.1) is 5.69 Å². The van der Waals surface area contributed by atoms with Crippen molar-refractivity contribution in [3.05, 3.63) is 69.7 Å². The van der Waals surface area contributed by atoms with Crippen LogP contribution in [0.5, 0.6) is 0 Å². The molecule has 8 heteroatoms. The number of methoxy groups -OCH3 is 1. The molecule has 4 aromatic rings. The van der Waals surface area contributed by atoms with Crippen LogP contribution in [0.25, 0.3) is 33.4 Å². The molecule has 0 spiro atoms. The smallest absolute Gasteiger partial charge is 0.260 e. The van der Waals surface area contributed by atoms with E-state index >= 15 is 0 Å². The van der Waals surface area contributed by atoms with Crippen molar-refractivity contribution >= 4 is 28.6 Å². The normalized spacial score (nSPS) is 11.2. The van der Waals surface area contributed by atoms with Gasteiger partial charge in [0.15, 0.2) is 0 Å². The lowest BCUT2D eigenvalue weighted by Crippen LogP contribution is -2.22. The zero-order valence-electron chi connectivity index (χ0n) is 18.9. The molecule has 0 unspecified atom stereocenters. The first-order valence-corrected chi connectivity index (χ1v) is 11.3. The number of anilines is 1. The summed E-state index contributed by atoms with van der Waals surface area (Å²) in [6.07, 6.45) is 2.57. The summed E-state index contributed by atoms with van der Waals surface area (Å²) < 4.78 is 6.72. The molecule has 0 aliphatic carbocycles. The van der Waals surface area contributed by atoms with Crippen LogP contribution < -0.4 is 10.9 Å². The van der Waals surface area contributed by atoms with Crippen molar-refractivity contribution in [1.82, 2.24) is 19.5 Å². The van der Waals surface area contributed by atoms with Crippen molar-refractivity contribution in [1.29, 1.82) is 0 Å². The van der Waals surface area contributed by atoms with Crippen LogP contribution in [0.3, 0.4) is 0 Å². The minimum atomic E-state index is -0.141. The number of halogens is 1. The molecular formula is C25H26ClN5O2. The van der Waals surface area contributed by atoms with Crippen molar-refractivity contribution in [3.8, 4) is 22.4 Å². The lowest BCUT2D eigenvalue weighted by atomic mass is 10.0. The van der Waals surface area contributed by atoms with E-state index in [1.807, 2.05) is 56.3 Å². The average molecular weight is 464 g/mol. The molecule has 33 heavy (non-hydrogen) atoms. The van der Waals surface area contributed by atoms with Crippen molar-refractivity contribution in [2.24, 2.45) is 0 Å². The molecule has 7 nitrogen and oxygen atoms in total. The summed E-state index contributed by atoms with van der Waals surface area (Å²) in [6.45, 7) is 5.69. The average Bonchev–Trinajstić information content (AvgIpc) is 2.82. The highest BCUT2D eigenvalue weighted by molar-refractivity contribution is 6.33. The zero-order valence-corrected chi connectivity index (χ0v) is 19.7. The molecule has 4 rings (SSSR count). The Morgan fingerprint density at radius 1 is 1.12 bits per heavy atom. The van der Waals surface area contributed by atoms with E-state index in [0.29, 0.717) is 47.4 Å². The van der Waals surface area contributed by atoms with Crippen LogP contribution in [-0.2, 0) is 11.3 Å². The van der Waals surface area contributed by atoms with Gasteiger partial charge in [-0.1, -0.05) is 29.8 Å². The Bertz CT molecular complexity index is 1350. The molecule has 0 amide bonds. The minimum Gasteiger partial charge on any atom is -0.385 e. The van der Waals surface area contributed by atoms with Crippen molar-refractivity contribution in [2.45, 2.75) is 26.8 Å². The molecule has 0 radical (unpaired) electrons. The van der Waals surface area contributed by atoms with Crippen LogP contribution in [0.1, 0.15) is 19.0 Å². The number of aromatic nitrogens is 4. The molecular weight excluding hydrogens is 438 g/mol. The number of hydrogen-bond acceptors (Lipinski definition) is 6. The van der Waals surface area contributed by atoms with Crippen molar-refractivity contribution in [2.75, 3.05) is 25.6 Å². The second-order valence-corrected chi connectivity index (χ2v) is 8.12. The summed E-state index contributed by atoms with van der Waals surface area (Å²) in [5.41, 5.74) is 4.31. The summed E-state index contributed by atoms with van der Waals surface area (Å²) in [5, 5.41) is 4.44. The fraction of sp³-hybridized carbons (Fsp3) is 0.280. The third-order valence-electron chi connectivity index (χ3n) is 5.39. The SMILES string of the molecule is CCn1c(=O)c(-c2ccc(-c3cccc(C)n3)cc2Cl)cc2cnc(NCCCOC)nc21. The highest BCUT2D eigenvalue weighted by atomic mass is 35.5. The van der Waals surface area contributed by atoms with Crippen molar-refractivity contribution < 1.29 is 4.74 Å². The molecule has 170 valence electrons. The van der Waals surface area contributed by atoms with Crippen LogP contribution in [0.4, 0.5) is 5.95 Å². The first-order valence-electron chi connectivity index (χ1n) is 10.9. The second-order valence-electron chi connectivity index (χ2n) is 7.71. The monoisotopic (exact) mass is 463 g/mol. The first kappa shape index (κ1) is 22.9. The van der Waals surface area contributed by atoms with Crippen LogP contribution in [0.2, 0.25) is 5.02 Å². The molecule has 0 saturated carbocycles. The Morgan fingerprint density at radius 3 is 2.70 bits per heavy atom. The van der Waals surface area contributed by atoms with Gasteiger partial charge in [-0.05, 0) is 44.5 Å². The minimum absolute atomic E-state index is 0.141. The molecule has 0 bridgehead atoms. The quantitative estimate of drug-likeness (QED) is 0.372. The molecule has 0 saturated heterocycles. The molecule has 0 aliphatic heterocycles. The number of hydrogen-bond donors (Lipinski definition) is 1. The van der Waals surface area contributed by atoms with Crippen LogP contribution >= 0.6 is 11.6 Å². The molecule has 3 aromatic heterocycles. The van der Waals surface area contributed by atoms with Crippen LogP contribution in [-0.4, -0.2) is 39.8 Å². The number of nitrogens with zero attached hydrogens (tertiary/aromatic N) is 4. The number of nitrogens with one attached hydrogen (secondary N) is 1. The number of rotatable bonds is 8. The molecule has 0 atom stereocenters. The fourth-order valence-corrected chi connectivity index (χ4v) is 4.03. The Kier molecular flexibility index (Phi) is 7.01. The van der Waals surface area contributed by atoms with Crippen LogP contribution in [0.15, 0.2) is 53.5 Å². The van der Waals surface area contributed by atoms with Gasteiger partial charge in [0.1, 0.15) is 5.65 Å². The topological polar surface area (TPSA) is 81.9 Å². The standard InChI is InChI=1S/C25H26ClN5O2/c1-4-31-23-18(15-28-25(30-23)27-11-6-12-33-3)13-20(24(31)32)19-10-9-17(14-21(19)26)22-8-5-7-16(2)29-22/h5,7-10,13-15H,4,6,11-12H2,1-3H3,(H,27,28,30). The number of ether oxygens (including phenoxy) is 1. The van der Waals surface area contributed by atoms with Gasteiger partial charge in [0.25, 0.3) is 5.56 Å². The van der Waals surface area contributed by atoms with E-state index in [4.69, 9.17) is 16.3 Å². The van der Waals surface area contributed by atoms with E-state index in [2.05, 4.69) is 20.3 Å². The van der Waals surface area contributed by atoms with E-state index in [9.17, 15) is 4.79 Å². The highest BCUT2D eigenvalue weighted by Gasteiger charge is 2.15. The zero-order chi connectivity index (χ0) is 23.4. The van der Waals surface area contributed by atoms with E-state index in [1.54, 1.807) is 17.9 Å².